The first-order valence-corrected chi connectivity index (χ1v) is 12.2. The zero-order valence-electron chi connectivity index (χ0n) is 17.7. The van der Waals surface area contributed by atoms with Crippen LogP contribution in [0.2, 0.25) is 0 Å². The highest BCUT2D eigenvalue weighted by molar-refractivity contribution is 14.1. The largest absolute Gasteiger partial charge is 0.308 e. The minimum absolute atomic E-state index is 1.20. The molecule has 7 aromatic rings. The van der Waals surface area contributed by atoms with Crippen molar-refractivity contribution in [2.24, 2.45) is 0 Å². The van der Waals surface area contributed by atoms with Crippen molar-refractivity contribution in [3.05, 3.63) is 119 Å². The van der Waals surface area contributed by atoms with Crippen LogP contribution in [0.25, 0.3) is 55.0 Å². The Morgan fingerprint density at radius 1 is 0.364 bits per heavy atom. The van der Waals surface area contributed by atoms with Gasteiger partial charge in [-0.25, -0.2) is 0 Å². The van der Waals surface area contributed by atoms with E-state index in [9.17, 15) is 0 Å². The highest BCUT2D eigenvalue weighted by Crippen LogP contribution is 2.37. The average Bonchev–Trinajstić information content (AvgIpc) is 3.38. The number of benzene rings is 5. The van der Waals surface area contributed by atoms with Gasteiger partial charge in [0.25, 0.3) is 0 Å². The zero-order valence-corrected chi connectivity index (χ0v) is 19.9. The van der Waals surface area contributed by atoms with E-state index in [1.54, 1.807) is 0 Å². The van der Waals surface area contributed by atoms with E-state index in [1.807, 2.05) is 0 Å². The first kappa shape index (κ1) is 18.9. The molecule has 2 nitrogen and oxygen atoms in total. The third kappa shape index (κ3) is 2.66. The minimum Gasteiger partial charge on any atom is -0.308 e. The molecule has 156 valence electrons. The number of nitrogens with zero attached hydrogens (tertiary/aromatic N) is 2. The van der Waals surface area contributed by atoms with E-state index < -0.39 is 0 Å². The maximum absolute atomic E-state index is 2.53. The topological polar surface area (TPSA) is 9.86 Å². The SMILES string of the molecule is Ic1c(-n2c3ccccc3c3ccccc32)cccc1-n1c2ccccc2c2ccccc21. The second-order valence-electron chi connectivity index (χ2n) is 8.35. The average molecular weight is 534 g/mol. The van der Waals surface area contributed by atoms with Gasteiger partial charge in [-0.1, -0.05) is 78.9 Å². The molecule has 0 bridgehead atoms. The van der Waals surface area contributed by atoms with Gasteiger partial charge in [-0.3, -0.25) is 0 Å². The van der Waals surface area contributed by atoms with Gasteiger partial charge in [-0.05, 0) is 59.0 Å². The summed E-state index contributed by atoms with van der Waals surface area (Å²) in [5.74, 6) is 0. The van der Waals surface area contributed by atoms with Crippen molar-refractivity contribution in [2.75, 3.05) is 0 Å². The highest BCUT2D eigenvalue weighted by Gasteiger charge is 2.18. The van der Waals surface area contributed by atoms with Gasteiger partial charge in [-0.2, -0.15) is 0 Å². The molecule has 3 heteroatoms. The van der Waals surface area contributed by atoms with Crippen LogP contribution in [0, 0.1) is 3.57 Å². The normalized spacial score (nSPS) is 11.8. The van der Waals surface area contributed by atoms with Crippen LogP contribution < -0.4 is 0 Å². The van der Waals surface area contributed by atoms with Crippen molar-refractivity contribution in [1.82, 2.24) is 9.13 Å². The summed E-state index contributed by atoms with van der Waals surface area (Å²) in [4.78, 5) is 0. The fourth-order valence-corrected chi connectivity index (χ4v) is 6.06. The fraction of sp³-hybridized carbons (Fsp3) is 0. The number of aromatic nitrogens is 2. The Morgan fingerprint density at radius 3 is 1.00 bits per heavy atom. The Morgan fingerprint density at radius 2 is 0.667 bits per heavy atom. The zero-order chi connectivity index (χ0) is 21.9. The predicted molar refractivity (Wildman–Crippen MR) is 148 cm³/mol. The molecule has 0 amide bonds. The molecular formula is C30H19IN2. The van der Waals surface area contributed by atoms with Crippen LogP contribution in [-0.4, -0.2) is 9.13 Å². The van der Waals surface area contributed by atoms with E-state index in [-0.39, 0.29) is 0 Å². The van der Waals surface area contributed by atoms with Crippen LogP contribution in [0.1, 0.15) is 0 Å². The van der Waals surface area contributed by atoms with E-state index in [1.165, 1.54) is 58.6 Å². The van der Waals surface area contributed by atoms with E-state index in [0.717, 1.165) is 0 Å². The molecule has 7 rings (SSSR count). The van der Waals surface area contributed by atoms with Gasteiger partial charge in [0, 0.05) is 21.5 Å². The maximum atomic E-state index is 2.53. The Bertz CT molecular complexity index is 1600. The van der Waals surface area contributed by atoms with Crippen molar-refractivity contribution in [3.63, 3.8) is 0 Å². The second-order valence-corrected chi connectivity index (χ2v) is 9.43. The summed E-state index contributed by atoms with van der Waals surface area (Å²) in [5.41, 5.74) is 7.33. The Balaban J connectivity index is 1.60. The number of rotatable bonds is 2. The lowest BCUT2D eigenvalue weighted by atomic mass is 10.2. The molecule has 2 heterocycles. The Labute approximate surface area is 204 Å². The van der Waals surface area contributed by atoms with Gasteiger partial charge in [0.1, 0.15) is 0 Å². The van der Waals surface area contributed by atoms with E-state index >= 15 is 0 Å². The molecule has 0 saturated heterocycles. The summed E-state index contributed by atoms with van der Waals surface area (Å²) in [6.07, 6.45) is 0. The van der Waals surface area contributed by atoms with Crippen LogP contribution >= 0.6 is 22.6 Å². The van der Waals surface area contributed by atoms with Crippen molar-refractivity contribution in [2.45, 2.75) is 0 Å². The minimum atomic E-state index is 1.20. The molecule has 0 atom stereocenters. The van der Waals surface area contributed by atoms with E-state index in [0.29, 0.717) is 0 Å². The number of hydrogen-bond donors (Lipinski definition) is 0. The highest BCUT2D eigenvalue weighted by atomic mass is 127. The summed E-state index contributed by atoms with van der Waals surface area (Å²) < 4.78 is 6.04. The molecule has 0 fully saturated rings. The second kappa shape index (κ2) is 7.22. The quantitative estimate of drug-likeness (QED) is 0.197. The molecule has 2 aromatic heterocycles. The maximum Gasteiger partial charge on any atom is 0.0616 e. The molecular weight excluding hydrogens is 515 g/mol. The number of halogens is 1. The van der Waals surface area contributed by atoms with Gasteiger partial charge in [0.05, 0.1) is 37.0 Å². The van der Waals surface area contributed by atoms with Gasteiger partial charge < -0.3 is 9.13 Å². The predicted octanol–water partition coefficient (Wildman–Crippen LogP) is 8.49. The third-order valence-electron chi connectivity index (χ3n) is 6.60. The molecule has 0 saturated carbocycles. The molecule has 0 aliphatic rings. The third-order valence-corrected chi connectivity index (χ3v) is 7.71. The Hall–Kier alpha value is -3.57. The van der Waals surface area contributed by atoms with E-state index in [2.05, 4.69) is 147 Å². The van der Waals surface area contributed by atoms with Crippen molar-refractivity contribution in [1.29, 1.82) is 0 Å². The molecule has 33 heavy (non-hydrogen) atoms. The first-order chi connectivity index (χ1) is 16.3. The molecule has 0 aliphatic carbocycles. The van der Waals surface area contributed by atoms with Gasteiger partial charge >= 0.3 is 0 Å². The Kier molecular flexibility index (Phi) is 4.15. The summed E-state index contributed by atoms with van der Waals surface area (Å²) in [6.45, 7) is 0. The summed E-state index contributed by atoms with van der Waals surface area (Å²) in [5, 5.41) is 5.13. The van der Waals surface area contributed by atoms with E-state index in [4.69, 9.17) is 0 Å². The fourth-order valence-electron chi connectivity index (χ4n) is 5.22. The monoisotopic (exact) mass is 534 g/mol. The van der Waals surface area contributed by atoms with Crippen LogP contribution in [-0.2, 0) is 0 Å². The van der Waals surface area contributed by atoms with Crippen LogP contribution in [0.4, 0.5) is 0 Å². The van der Waals surface area contributed by atoms with Gasteiger partial charge in [0.15, 0.2) is 0 Å². The first-order valence-electron chi connectivity index (χ1n) is 11.1. The molecule has 5 aromatic carbocycles. The number of fused-ring (bicyclic) bond motifs is 6. The molecule has 0 aliphatic heterocycles. The lowest BCUT2D eigenvalue weighted by Gasteiger charge is -2.16. The van der Waals surface area contributed by atoms with Crippen LogP contribution in [0.5, 0.6) is 0 Å². The summed E-state index contributed by atoms with van der Waals surface area (Å²) in [7, 11) is 0. The smallest absolute Gasteiger partial charge is 0.0616 e. The summed E-state index contributed by atoms with van der Waals surface area (Å²) >= 11 is 2.53. The van der Waals surface area contributed by atoms with Gasteiger partial charge in [0.2, 0.25) is 0 Å². The lowest BCUT2D eigenvalue weighted by Crippen LogP contribution is -2.03. The summed E-state index contributed by atoms with van der Waals surface area (Å²) in [6, 6.07) is 41.4. The molecule has 0 spiro atoms. The number of para-hydroxylation sites is 4. The molecule has 0 unspecified atom stereocenters. The lowest BCUT2D eigenvalue weighted by molar-refractivity contribution is 1.11. The van der Waals surface area contributed by atoms with Crippen molar-refractivity contribution in [3.8, 4) is 11.4 Å². The van der Waals surface area contributed by atoms with Crippen molar-refractivity contribution < 1.29 is 0 Å². The molecule has 0 radical (unpaired) electrons. The number of hydrogen-bond acceptors (Lipinski definition) is 0. The van der Waals surface area contributed by atoms with Gasteiger partial charge in [-0.15, -0.1) is 0 Å². The van der Waals surface area contributed by atoms with Crippen molar-refractivity contribution >= 4 is 66.2 Å². The van der Waals surface area contributed by atoms with Crippen LogP contribution in [0.3, 0.4) is 0 Å². The van der Waals surface area contributed by atoms with Crippen LogP contribution in [0.15, 0.2) is 115 Å². The molecule has 0 N–H and O–H groups in total. The standard InChI is InChI=1S/C30H19IN2/c31-30-28(32-24-14-5-1-10-20(24)21-11-2-6-15-25(21)32)18-9-19-29(30)33-26-16-7-3-12-22(26)23-13-4-8-17-27(23)33/h1-19H.